The van der Waals surface area contributed by atoms with E-state index >= 15 is 0 Å². The lowest BCUT2D eigenvalue weighted by Gasteiger charge is -2.37. The van der Waals surface area contributed by atoms with Crippen LogP contribution in [0.15, 0.2) is 0 Å². The molecule has 0 radical (unpaired) electrons. The van der Waals surface area contributed by atoms with Crippen LogP contribution >= 0.6 is 0 Å². The number of carbonyl (C=O) groups excluding carboxylic acids is 1. The highest BCUT2D eigenvalue weighted by Gasteiger charge is 2.41. The second kappa shape index (κ2) is 4.49. The summed E-state index contributed by atoms with van der Waals surface area (Å²) < 4.78 is 5.44. The SMILES string of the molecule is CNC1(C(=O)OC(C)(C)C)CCNCC1. The molecule has 0 aliphatic carbocycles. The van der Waals surface area contributed by atoms with Crippen LogP contribution < -0.4 is 10.6 Å². The van der Waals surface area contributed by atoms with Crippen LogP contribution in [-0.4, -0.2) is 37.2 Å². The van der Waals surface area contributed by atoms with E-state index in [0.29, 0.717) is 0 Å². The van der Waals surface area contributed by atoms with Crippen LogP contribution in [-0.2, 0) is 9.53 Å². The molecule has 1 fully saturated rings. The minimum absolute atomic E-state index is 0.126. The smallest absolute Gasteiger partial charge is 0.326 e. The fraction of sp³-hybridized carbons (Fsp3) is 0.909. The maximum Gasteiger partial charge on any atom is 0.326 e. The van der Waals surface area contributed by atoms with E-state index < -0.39 is 11.1 Å². The van der Waals surface area contributed by atoms with E-state index in [9.17, 15) is 4.79 Å². The van der Waals surface area contributed by atoms with Gasteiger partial charge in [0.1, 0.15) is 11.1 Å². The fourth-order valence-corrected chi connectivity index (χ4v) is 1.79. The first-order valence-corrected chi connectivity index (χ1v) is 5.53. The maximum absolute atomic E-state index is 12.1. The van der Waals surface area contributed by atoms with Gasteiger partial charge in [-0.05, 0) is 53.8 Å². The molecule has 1 aliphatic heterocycles. The van der Waals surface area contributed by atoms with Crippen molar-refractivity contribution in [2.45, 2.75) is 44.8 Å². The van der Waals surface area contributed by atoms with Crippen molar-refractivity contribution in [2.24, 2.45) is 0 Å². The summed E-state index contributed by atoms with van der Waals surface area (Å²) in [4.78, 5) is 12.1. The lowest BCUT2D eigenvalue weighted by Crippen LogP contribution is -2.58. The lowest BCUT2D eigenvalue weighted by atomic mass is 9.88. The Balaban J connectivity index is 2.68. The summed E-state index contributed by atoms with van der Waals surface area (Å²) in [7, 11) is 1.83. The van der Waals surface area contributed by atoms with Gasteiger partial charge in [0.2, 0.25) is 0 Å². The maximum atomic E-state index is 12.1. The van der Waals surface area contributed by atoms with Gasteiger partial charge < -0.3 is 15.4 Å². The van der Waals surface area contributed by atoms with Crippen LogP contribution in [0.4, 0.5) is 0 Å². The molecule has 1 rings (SSSR count). The number of hydrogen-bond acceptors (Lipinski definition) is 4. The van der Waals surface area contributed by atoms with Crippen molar-refractivity contribution in [3.63, 3.8) is 0 Å². The predicted molar refractivity (Wildman–Crippen MR) is 59.7 cm³/mol. The summed E-state index contributed by atoms with van der Waals surface area (Å²) in [6.07, 6.45) is 1.58. The molecule has 0 aromatic rings. The molecule has 0 unspecified atom stereocenters. The van der Waals surface area contributed by atoms with Gasteiger partial charge >= 0.3 is 5.97 Å². The van der Waals surface area contributed by atoms with Gasteiger partial charge in [-0.2, -0.15) is 0 Å². The van der Waals surface area contributed by atoms with Gasteiger partial charge in [0, 0.05) is 0 Å². The second-order valence-electron chi connectivity index (χ2n) is 5.08. The summed E-state index contributed by atoms with van der Waals surface area (Å²) in [6, 6.07) is 0. The zero-order valence-electron chi connectivity index (χ0n) is 10.1. The Bertz CT molecular complexity index is 227. The van der Waals surface area contributed by atoms with Gasteiger partial charge in [-0.3, -0.25) is 4.79 Å². The average Bonchev–Trinajstić information content (AvgIpc) is 2.16. The number of ether oxygens (including phenoxy) is 1. The van der Waals surface area contributed by atoms with Gasteiger partial charge in [0.05, 0.1) is 0 Å². The van der Waals surface area contributed by atoms with Crippen molar-refractivity contribution >= 4 is 5.97 Å². The molecule has 0 atom stereocenters. The van der Waals surface area contributed by atoms with Crippen molar-refractivity contribution in [1.29, 1.82) is 0 Å². The zero-order chi connectivity index (χ0) is 11.5. The van der Waals surface area contributed by atoms with E-state index in [2.05, 4.69) is 10.6 Å². The minimum atomic E-state index is -0.488. The third-order valence-electron chi connectivity index (χ3n) is 2.73. The molecular weight excluding hydrogens is 192 g/mol. The Morgan fingerprint density at radius 3 is 2.27 bits per heavy atom. The molecule has 0 aromatic carbocycles. The molecule has 0 bridgehead atoms. The van der Waals surface area contributed by atoms with E-state index in [-0.39, 0.29) is 5.97 Å². The van der Waals surface area contributed by atoms with Gasteiger partial charge in [-0.15, -0.1) is 0 Å². The van der Waals surface area contributed by atoms with E-state index in [1.807, 2.05) is 27.8 Å². The first kappa shape index (κ1) is 12.5. The first-order chi connectivity index (χ1) is 6.90. The molecule has 0 aromatic heterocycles. The molecule has 0 amide bonds. The normalized spacial score (nSPS) is 21.1. The standard InChI is InChI=1S/C11H22N2O2/c1-10(2,3)15-9(14)11(12-4)5-7-13-8-6-11/h12-13H,5-8H2,1-4H3. The topological polar surface area (TPSA) is 50.4 Å². The predicted octanol–water partition coefficient (Wildman–Crippen LogP) is 0.670. The summed E-state index contributed by atoms with van der Waals surface area (Å²) in [6.45, 7) is 7.42. The van der Waals surface area contributed by atoms with E-state index in [1.54, 1.807) is 0 Å². The average molecular weight is 214 g/mol. The molecule has 0 saturated carbocycles. The van der Waals surface area contributed by atoms with Crippen LogP contribution in [0.5, 0.6) is 0 Å². The summed E-state index contributed by atoms with van der Waals surface area (Å²) >= 11 is 0. The minimum Gasteiger partial charge on any atom is -0.459 e. The molecule has 1 aliphatic rings. The van der Waals surface area contributed by atoms with Gasteiger partial charge in [0.15, 0.2) is 0 Å². The van der Waals surface area contributed by atoms with Crippen molar-refractivity contribution in [1.82, 2.24) is 10.6 Å². The van der Waals surface area contributed by atoms with Crippen LogP contribution in [0.3, 0.4) is 0 Å². The third-order valence-corrected chi connectivity index (χ3v) is 2.73. The van der Waals surface area contributed by atoms with E-state index in [4.69, 9.17) is 4.74 Å². The van der Waals surface area contributed by atoms with Gasteiger partial charge in [0.25, 0.3) is 0 Å². The van der Waals surface area contributed by atoms with Crippen molar-refractivity contribution in [2.75, 3.05) is 20.1 Å². The number of carbonyl (C=O) groups is 1. The highest BCUT2D eigenvalue weighted by atomic mass is 16.6. The Morgan fingerprint density at radius 1 is 1.33 bits per heavy atom. The number of hydrogen-bond donors (Lipinski definition) is 2. The van der Waals surface area contributed by atoms with Crippen molar-refractivity contribution in [3.05, 3.63) is 0 Å². The molecule has 88 valence electrons. The molecule has 4 heteroatoms. The summed E-state index contributed by atoms with van der Waals surface area (Å²) in [5.74, 6) is -0.126. The highest BCUT2D eigenvalue weighted by molar-refractivity contribution is 5.81. The second-order valence-corrected chi connectivity index (χ2v) is 5.08. The number of rotatable bonds is 2. The third kappa shape index (κ3) is 3.18. The molecule has 15 heavy (non-hydrogen) atoms. The van der Waals surface area contributed by atoms with E-state index in [0.717, 1.165) is 25.9 Å². The largest absolute Gasteiger partial charge is 0.459 e. The van der Waals surface area contributed by atoms with Crippen LogP contribution in [0.1, 0.15) is 33.6 Å². The van der Waals surface area contributed by atoms with E-state index in [1.165, 1.54) is 0 Å². The van der Waals surface area contributed by atoms with Crippen LogP contribution in [0.2, 0.25) is 0 Å². The number of likely N-dealkylation sites (N-methyl/N-ethyl adjacent to an activating group) is 1. The molecule has 1 saturated heterocycles. The Morgan fingerprint density at radius 2 is 1.87 bits per heavy atom. The number of esters is 1. The molecule has 4 nitrogen and oxygen atoms in total. The molecular formula is C11H22N2O2. The highest BCUT2D eigenvalue weighted by Crippen LogP contribution is 2.22. The Labute approximate surface area is 91.8 Å². The monoisotopic (exact) mass is 214 g/mol. The zero-order valence-corrected chi connectivity index (χ0v) is 10.1. The van der Waals surface area contributed by atoms with Crippen LogP contribution in [0, 0.1) is 0 Å². The molecule has 2 N–H and O–H groups in total. The number of nitrogens with one attached hydrogen (secondary N) is 2. The molecule has 1 heterocycles. The lowest BCUT2D eigenvalue weighted by molar-refractivity contribution is -0.164. The number of piperidine rings is 1. The Hall–Kier alpha value is -0.610. The summed E-state index contributed by atoms with van der Waals surface area (Å²) in [5.41, 5.74) is -0.898. The fourth-order valence-electron chi connectivity index (χ4n) is 1.79. The molecule has 0 spiro atoms. The summed E-state index contributed by atoms with van der Waals surface area (Å²) in [5, 5.41) is 6.37. The van der Waals surface area contributed by atoms with Crippen LogP contribution in [0.25, 0.3) is 0 Å². The van der Waals surface area contributed by atoms with Gasteiger partial charge in [-0.25, -0.2) is 0 Å². The van der Waals surface area contributed by atoms with Crippen molar-refractivity contribution < 1.29 is 9.53 Å². The van der Waals surface area contributed by atoms with Gasteiger partial charge in [-0.1, -0.05) is 0 Å². The quantitative estimate of drug-likeness (QED) is 0.663. The van der Waals surface area contributed by atoms with Crippen molar-refractivity contribution in [3.8, 4) is 0 Å². The first-order valence-electron chi connectivity index (χ1n) is 5.53. The Kier molecular flexibility index (Phi) is 3.73.